The van der Waals surface area contributed by atoms with E-state index in [-0.39, 0.29) is 17.9 Å². The van der Waals surface area contributed by atoms with Gasteiger partial charge in [0.2, 0.25) is 5.91 Å². The van der Waals surface area contributed by atoms with Gasteiger partial charge in [0.1, 0.15) is 5.75 Å². The Bertz CT molecular complexity index is 740. The number of amides is 2. The first-order valence-electron chi connectivity index (χ1n) is 8.62. The van der Waals surface area contributed by atoms with Crippen LogP contribution in [0.4, 0.5) is 0 Å². The van der Waals surface area contributed by atoms with Gasteiger partial charge in [-0.3, -0.25) is 9.59 Å². The zero-order valence-corrected chi connectivity index (χ0v) is 15.9. The summed E-state index contributed by atoms with van der Waals surface area (Å²) < 4.78 is 11.7. The molecule has 0 atom stereocenters. The topological polar surface area (TPSA) is 71.8 Å². The highest BCUT2D eigenvalue weighted by Gasteiger charge is 2.25. The zero-order valence-electron chi connectivity index (χ0n) is 14.3. The predicted octanol–water partition coefficient (Wildman–Crippen LogP) is 3.23. The number of hydrogen-bond donors (Lipinski definition) is 1. The molecular formula is C19H21BrN2O4. The third kappa shape index (κ3) is 5.11. The van der Waals surface area contributed by atoms with Gasteiger partial charge in [-0.25, -0.2) is 0 Å². The molecule has 2 aromatic rings. The molecule has 1 saturated heterocycles. The SMILES string of the molecule is O=C(CCOc1cccc(Br)c1)NC1CCN(C(=O)c2ccco2)CC1. The highest BCUT2D eigenvalue weighted by molar-refractivity contribution is 9.10. The molecule has 0 aliphatic carbocycles. The van der Waals surface area contributed by atoms with Gasteiger partial charge < -0.3 is 19.4 Å². The van der Waals surface area contributed by atoms with Crippen molar-refractivity contribution in [2.24, 2.45) is 0 Å². The van der Waals surface area contributed by atoms with Crippen LogP contribution >= 0.6 is 15.9 Å². The summed E-state index contributed by atoms with van der Waals surface area (Å²) in [6.07, 6.45) is 3.28. The Labute approximate surface area is 160 Å². The van der Waals surface area contributed by atoms with E-state index in [0.29, 0.717) is 31.9 Å². The maximum Gasteiger partial charge on any atom is 0.289 e. The van der Waals surface area contributed by atoms with E-state index in [9.17, 15) is 9.59 Å². The normalized spacial score (nSPS) is 14.9. The Kier molecular flexibility index (Phi) is 6.33. The van der Waals surface area contributed by atoms with Crippen LogP contribution in [0.2, 0.25) is 0 Å². The van der Waals surface area contributed by atoms with Crippen molar-refractivity contribution < 1.29 is 18.7 Å². The predicted molar refractivity (Wildman–Crippen MR) is 100 cm³/mol. The number of furan rings is 1. The van der Waals surface area contributed by atoms with Crippen LogP contribution in [0.5, 0.6) is 5.75 Å². The average molecular weight is 421 g/mol. The van der Waals surface area contributed by atoms with E-state index in [0.717, 1.165) is 23.1 Å². The molecule has 1 fully saturated rings. The fraction of sp³-hybridized carbons (Fsp3) is 0.368. The van der Waals surface area contributed by atoms with Crippen molar-refractivity contribution in [2.75, 3.05) is 19.7 Å². The number of benzene rings is 1. The number of rotatable bonds is 6. The van der Waals surface area contributed by atoms with Crippen molar-refractivity contribution in [2.45, 2.75) is 25.3 Å². The van der Waals surface area contributed by atoms with Gasteiger partial charge in [-0.2, -0.15) is 0 Å². The monoisotopic (exact) mass is 420 g/mol. The van der Waals surface area contributed by atoms with E-state index in [2.05, 4.69) is 21.2 Å². The summed E-state index contributed by atoms with van der Waals surface area (Å²) >= 11 is 3.38. The minimum Gasteiger partial charge on any atom is -0.493 e. The van der Waals surface area contributed by atoms with Gasteiger partial charge in [-0.1, -0.05) is 22.0 Å². The molecule has 3 rings (SSSR count). The Hall–Kier alpha value is -2.28. The summed E-state index contributed by atoms with van der Waals surface area (Å²) in [6, 6.07) is 11.0. The first kappa shape index (κ1) is 18.5. The standard InChI is InChI=1S/C19H21BrN2O4/c20-14-3-1-4-16(13-14)25-12-8-18(23)21-15-6-9-22(10-7-15)19(24)17-5-2-11-26-17/h1-5,11,13,15H,6-10,12H2,(H,21,23). The second-order valence-electron chi connectivity index (χ2n) is 6.17. The van der Waals surface area contributed by atoms with Crippen LogP contribution in [0.3, 0.4) is 0 Å². The number of nitrogens with one attached hydrogen (secondary N) is 1. The summed E-state index contributed by atoms with van der Waals surface area (Å²) in [5.41, 5.74) is 0. The maximum atomic E-state index is 12.2. The Morgan fingerprint density at radius 3 is 2.73 bits per heavy atom. The first-order valence-corrected chi connectivity index (χ1v) is 9.41. The number of carbonyl (C=O) groups excluding carboxylic acids is 2. The van der Waals surface area contributed by atoms with E-state index in [1.807, 2.05) is 24.3 Å². The molecule has 138 valence electrons. The van der Waals surface area contributed by atoms with Crippen molar-refractivity contribution in [3.63, 3.8) is 0 Å². The van der Waals surface area contributed by atoms with Crippen molar-refractivity contribution in [1.29, 1.82) is 0 Å². The molecule has 0 unspecified atom stereocenters. The highest BCUT2D eigenvalue weighted by Crippen LogP contribution is 2.18. The van der Waals surface area contributed by atoms with Crippen molar-refractivity contribution in [1.82, 2.24) is 10.2 Å². The second kappa shape index (κ2) is 8.89. The van der Waals surface area contributed by atoms with Gasteiger partial charge in [-0.15, -0.1) is 0 Å². The highest BCUT2D eigenvalue weighted by atomic mass is 79.9. The lowest BCUT2D eigenvalue weighted by Crippen LogP contribution is -2.46. The fourth-order valence-electron chi connectivity index (χ4n) is 2.90. The smallest absolute Gasteiger partial charge is 0.289 e. The van der Waals surface area contributed by atoms with E-state index in [1.165, 1.54) is 6.26 Å². The number of hydrogen-bond acceptors (Lipinski definition) is 4. The molecule has 0 bridgehead atoms. The first-order chi connectivity index (χ1) is 12.6. The quantitative estimate of drug-likeness (QED) is 0.778. The number of piperidine rings is 1. The van der Waals surface area contributed by atoms with Crippen LogP contribution in [0.1, 0.15) is 29.8 Å². The lowest BCUT2D eigenvalue weighted by Gasteiger charge is -2.31. The molecule has 0 spiro atoms. The maximum absolute atomic E-state index is 12.2. The van der Waals surface area contributed by atoms with Crippen LogP contribution < -0.4 is 10.1 Å². The molecule has 1 aliphatic rings. The van der Waals surface area contributed by atoms with Crippen molar-refractivity contribution in [3.05, 3.63) is 52.9 Å². The molecule has 7 heteroatoms. The van der Waals surface area contributed by atoms with E-state index in [4.69, 9.17) is 9.15 Å². The van der Waals surface area contributed by atoms with Gasteiger partial charge in [0, 0.05) is 23.6 Å². The molecular weight excluding hydrogens is 400 g/mol. The van der Waals surface area contributed by atoms with Crippen molar-refractivity contribution in [3.8, 4) is 5.75 Å². The van der Waals surface area contributed by atoms with Crippen molar-refractivity contribution >= 4 is 27.7 Å². The Morgan fingerprint density at radius 1 is 1.23 bits per heavy atom. The van der Waals surface area contributed by atoms with Crippen LogP contribution in [-0.4, -0.2) is 42.5 Å². The fourth-order valence-corrected chi connectivity index (χ4v) is 3.28. The molecule has 2 amide bonds. The molecule has 1 aromatic carbocycles. The number of ether oxygens (including phenoxy) is 1. The van der Waals surface area contributed by atoms with E-state index >= 15 is 0 Å². The number of carbonyl (C=O) groups is 2. The largest absolute Gasteiger partial charge is 0.493 e. The van der Waals surface area contributed by atoms with Gasteiger partial charge in [0.15, 0.2) is 5.76 Å². The Balaban J connectivity index is 1.36. The van der Waals surface area contributed by atoms with Gasteiger partial charge >= 0.3 is 0 Å². The number of nitrogens with zero attached hydrogens (tertiary/aromatic N) is 1. The van der Waals surface area contributed by atoms with Gasteiger partial charge in [-0.05, 0) is 43.2 Å². The van der Waals surface area contributed by atoms with E-state index < -0.39 is 0 Å². The zero-order chi connectivity index (χ0) is 18.4. The van der Waals surface area contributed by atoms with Crippen LogP contribution in [0.15, 0.2) is 51.6 Å². The van der Waals surface area contributed by atoms with Gasteiger partial charge in [0.25, 0.3) is 5.91 Å². The lowest BCUT2D eigenvalue weighted by molar-refractivity contribution is -0.122. The molecule has 6 nitrogen and oxygen atoms in total. The minimum atomic E-state index is -0.0952. The van der Waals surface area contributed by atoms with Crippen LogP contribution in [0.25, 0.3) is 0 Å². The third-order valence-electron chi connectivity index (χ3n) is 4.27. The minimum absolute atomic E-state index is 0.0317. The Morgan fingerprint density at radius 2 is 2.04 bits per heavy atom. The molecule has 0 saturated carbocycles. The van der Waals surface area contributed by atoms with Crippen LogP contribution in [-0.2, 0) is 4.79 Å². The summed E-state index contributed by atoms with van der Waals surface area (Å²) in [6.45, 7) is 1.55. The summed E-state index contributed by atoms with van der Waals surface area (Å²) in [5.74, 6) is 0.965. The molecule has 1 aliphatic heterocycles. The summed E-state index contributed by atoms with van der Waals surface area (Å²) in [5, 5.41) is 3.02. The van der Waals surface area contributed by atoms with E-state index in [1.54, 1.807) is 17.0 Å². The lowest BCUT2D eigenvalue weighted by atomic mass is 10.0. The molecule has 0 radical (unpaired) electrons. The molecule has 1 N–H and O–H groups in total. The second-order valence-corrected chi connectivity index (χ2v) is 7.08. The van der Waals surface area contributed by atoms with Gasteiger partial charge in [0.05, 0.1) is 19.3 Å². The van der Waals surface area contributed by atoms with Crippen LogP contribution in [0, 0.1) is 0 Å². The summed E-state index contributed by atoms with van der Waals surface area (Å²) in [7, 11) is 0. The number of likely N-dealkylation sites (tertiary alicyclic amines) is 1. The third-order valence-corrected chi connectivity index (χ3v) is 4.77. The molecule has 1 aromatic heterocycles. The summed E-state index contributed by atoms with van der Waals surface area (Å²) in [4.78, 5) is 26.1. The number of halogens is 1. The molecule has 26 heavy (non-hydrogen) atoms. The average Bonchev–Trinajstić information content (AvgIpc) is 3.16. The molecule has 2 heterocycles.